The molecule has 35 heavy (non-hydrogen) atoms. The molecule has 1 aromatic carbocycles. The number of carbonyl (C=O) groups excluding carboxylic acids is 2. The third-order valence-electron chi connectivity index (χ3n) is 8.28. The molecule has 2 aliphatic heterocycles. The summed E-state index contributed by atoms with van der Waals surface area (Å²) in [4.78, 5) is 44.1. The van der Waals surface area contributed by atoms with E-state index in [4.69, 9.17) is 0 Å². The summed E-state index contributed by atoms with van der Waals surface area (Å²) in [5.74, 6) is 1.12. The second-order valence-corrected chi connectivity index (χ2v) is 10.5. The third kappa shape index (κ3) is 4.94. The molecule has 2 amide bonds. The molecule has 5 rings (SSSR count). The van der Waals surface area contributed by atoms with E-state index in [1.54, 1.807) is 11.5 Å². The molecule has 1 spiro atoms. The van der Waals surface area contributed by atoms with Crippen LogP contribution in [0.1, 0.15) is 49.1 Å². The van der Waals surface area contributed by atoms with E-state index in [0.717, 1.165) is 58.3 Å². The molecular formula is C26H33N5O4. The van der Waals surface area contributed by atoms with E-state index in [-0.39, 0.29) is 23.0 Å². The highest BCUT2D eigenvalue weighted by atomic mass is 16.6. The summed E-state index contributed by atoms with van der Waals surface area (Å²) in [5, 5.41) is 10.9. The Morgan fingerprint density at radius 2 is 1.69 bits per heavy atom. The first-order valence-corrected chi connectivity index (χ1v) is 12.6. The SMILES string of the molecule is Cc1nc([N+](=O)[O-])cn1CCC(=O)N1CCC2(CCN(C(=O)CC3Cc4ccccc4C3)CC2)C1. The van der Waals surface area contributed by atoms with Crippen molar-refractivity contribution in [3.63, 3.8) is 0 Å². The number of aryl methyl sites for hydroxylation is 2. The number of piperidine rings is 1. The molecule has 2 saturated heterocycles. The van der Waals surface area contributed by atoms with Crippen molar-refractivity contribution in [2.75, 3.05) is 26.2 Å². The van der Waals surface area contributed by atoms with Crippen LogP contribution in [0.25, 0.3) is 0 Å². The lowest BCUT2D eigenvalue weighted by Gasteiger charge is -2.39. The molecule has 186 valence electrons. The number of hydrogen-bond acceptors (Lipinski definition) is 5. The van der Waals surface area contributed by atoms with Gasteiger partial charge in [-0.1, -0.05) is 24.3 Å². The van der Waals surface area contributed by atoms with E-state index >= 15 is 0 Å². The van der Waals surface area contributed by atoms with Gasteiger partial charge in [-0.05, 0) is 64.5 Å². The number of fused-ring (bicyclic) bond motifs is 1. The van der Waals surface area contributed by atoms with Crippen molar-refractivity contribution in [2.24, 2.45) is 11.3 Å². The highest BCUT2D eigenvalue weighted by Gasteiger charge is 2.42. The summed E-state index contributed by atoms with van der Waals surface area (Å²) >= 11 is 0. The molecule has 2 aromatic rings. The summed E-state index contributed by atoms with van der Waals surface area (Å²) in [6.07, 6.45) is 7.20. The minimum absolute atomic E-state index is 0.0805. The number of carbonyl (C=O) groups is 2. The van der Waals surface area contributed by atoms with Crippen LogP contribution in [-0.4, -0.2) is 62.3 Å². The minimum atomic E-state index is -0.515. The predicted octanol–water partition coefficient (Wildman–Crippen LogP) is 3.14. The number of nitro groups is 1. The van der Waals surface area contributed by atoms with Gasteiger partial charge in [0.05, 0.1) is 0 Å². The zero-order chi connectivity index (χ0) is 24.6. The summed E-state index contributed by atoms with van der Waals surface area (Å²) < 4.78 is 1.68. The molecule has 1 aliphatic carbocycles. The lowest BCUT2D eigenvalue weighted by Crippen LogP contribution is -2.45. The average Bonchev–Trinajstić information content (AvgIpc) is 3.54. The molecular weight excluding hydrogens is 446 g/mol. The molecule has 0 unspecified atom stereocenters. The normalized spacial score (nSPS) is 19.3. The Bertz CT molecular complexity index is 1110. The maximum Gasteiger partial charge on any atom is 0.381 e. The fourth-order valence-corrected chi connectivity index (χ4v) is 6.14. The van der Waals surface area contributed by atoms with Crippen LogP contribution in [0.4, 0.5) is 5.82 Å². The monoisotopic (exact) mass is 479 g/mol. The van der Waals surface area contributed by atoms with Crippen molar-refractivity contribution in [1.29, 1.82) is 0 Å². The van der Waals surface area contributed by atoms with Crippen LogP contribution in [0.2, 0.25) is 0 Å². The molecule has 1 aromatic heterocycles. The van der Waals surface area contributed by atoms with Gasteiger partial charge in [-0.2, -0.15) is 0 Å². The summed E-state index contributed by atoms with van der Waals surface area (Å²) in [7, 11) is 0. The largest absolute Gasteiger partial charge is 0.381 e. The Morgan fingerprint density at radius 1 is 1.06 bits per heavy atom. The number of aromatic nitrogens is 2. The summed E-state index contributed by atoms with van der Waals surface area (Å²) in [6.45, 7) is 5.15. The van der Waals surface area contributed by atoms with Crippen molar-refractivity contribution in [3.8, 4) is 0 Å². The predicted molar refractivity (Wildman–Crippen MR) is 130 cm³/mol. The topological polar surface area (TPSA) is 102 Å². The van der Waals surface area contributed by atoms with Gasteiger partial charge in [0.25, 0.3) is 0 Å². The van der Waals surface area contributed by atoms with Crippen LogP contribution in [0.3, 0.4) is 0 Å². The Morgan fingerprint density at radius 3 is 2.29 bits per heavy atom. The van der Waals surface area contributed by atoms with Gasteiger partial charge in [0, 0.05) is 52.5 Å². The number of amides is 2. The van der Waals surface area contributed by atoms with Crippen LogP contribution in [-0.2, 0) is 29.0 Å². The number of benzene rings is 1. The first-order valence-electron chi connectivity index (χ1n) is 12.6. The van der Waals surface area contributed by atoms with Gasteiger partial charge in [-0.15, -0.1) is 0 Å². The quantitative estimate of drug-likeness (QED) is 0.468. The lowest BCUT2D eigenvalue weighted by molar-refractivity contribution is -0.389. The maximum atomic E-state index is 13.0. The Hall–Kier alpha value is -3.23. The number of hydrogen-bond donors (Lipinski definition) is 0. The first kappa shape index (κ1) is 23.5. The second kappa shape index (κ2) is 9.43. The van der Waals surface area contributed by atoms with E-state index in [9.17, 15) is 19.7 Å². The van der Waals surface area contributed by atoms with Crippen molar-refractivity contribution >= 4 is 17.6 Å². The molecule has 3 heterocycles. The van der Waals surface area contributed by atoms with Gasteiger partial charge in [0.1, 0.15) is 6.20 Å². The van der Waals surface area contributed by atoms with Gasteiger partial charge >= 0.3 is 5.82 Å². The third-order valence-corrected chi connectivity index (χ3v) is 8.28. The van der Waals surface area contributed by atoms with Crippen molar-refractivity contribution in [3.05, 3.63) is 57.5 Å². The highest BCUT2D eigenvalue weighted by Crippen LogP contribution is 2.41. The van der Waals surface area contributed by atoms with E-state index in [1.807, 2.05) is 9.80 Å². The van der Waals surface area contributed by atoms with Gasteiger partial charge in [-0.25, -0.2) is 0 Å². The summed E-state index contributed by atoms with van der Waals surface area (Å²) in [5.41, 5.74) is 2.89. The average molecular weight is 480 g/mol. The Balaban J connectivity index is 1.08. The van der Waals surface area contributed by atoms with Gasteiger partial charge < -0.3 is 24.5 Å². The smallest absolute Gasteiger partial charge is 0.358 e. The molecule has 0 N–H and O–H groups in total. The van der Waals surface area contributed by atoms with Gasteiger partial charge in [-0.3, -0.25) is 9.59 Å². The van der Waals surface area contributed by atoms with Gasteiger partial charge in [0.15, 0.2) is 0 Å². The van der Waals surface area contributed by atoms with Crippen LogP contribution in [0.5, 0.6) is 0 Å². The molecule has 9 nitrogen and oxygen atoms in total. The van der Waals surface area contributed by atoms with Crippen molar-refractivity contribution < 1.29 is 14.5 Å². The minimum Gasteiger partial charge on any atom is -0.358 e. The number of rotatable bonds is 6. The molecule has 9 heteroatoms. The lowest BCUT2D eigenvalue weighted by atomic mass is 9.77. The van der Waals surface area contributed by atoms with E-state index in [0.29, 0.717) is 31.1 Å². The zero-order valence-corrected chi connectivity index (χ0v) is 20.3. The summed E-state index contributed by atoms with van der Waals surface area (Å²) in [6, 6.07) is 8.51. The van der Waals surface area contributed by atoms with Crippen molar-refractivity contribution in [1.82, 2.24) is 19.4 Å². The van der Waals surface area contributed by atoms with Crippen LogP contribution in [0.15, 0.2) is 30.5 Å². The zero-order valence-electron chi connectivity index (χ0n) is 20.3. The van der Waals surface area contributed by atoms with Crippen LogP contribution in [0, 0.1) is 28.4 Å². The van der Waals surface area contributed by atoms with E-state index in [1.165, 1.54) is 17.3 Å². The Kier molecular flexibility index (Phi) is 6.34. The molecule has 0 saturated carbocycles. The Labute approximate surface area is 205 Å². The van der Waals surface area contributed by atoms with Crippen LogP contribution >= 0.6 is 0 Å². The van der Waals surface area contributed by atoms with Crippen LogP contribution < -0.4 is 0 Å². The first-order chi connectivity index (χ1) is 16.8. The van der Waals surface area contributed by atoms with E-state index in [2.05, 4.69) is 29.2 Å². The number of nitrogens with zero attached hydrogens (tertiary/aromatic N) is 5. The fraction of sp³-hybridized carbons (Fsp3) is 0.577. The fourth-order valence-electron chi connectivity index (χ4n) is 6.14. The second-order valence-electron chi connectivity index (χ2n) is 10.5. The number of imidazole rings is 1. The molecule has 2 fully saturated rings. The molecule has 0 bridgehead atoms. The van der Waals surface area contributed by atoms with Gasteiger partial charge in [0.2, 0.25) is 17.6 Å². The highest BCUT2D eigenvalue weighted by molar-refractivity contribution is 5.77. The van der Waals surface area contributed by atoms with Crippen molar-refractivity contribution in [2.45, 2.75) is 58.4 Å². The standard InChI is InChI=1S/C26H33N5O4/c1-19-27-23(31(34)35)17-29(19)10-6-24(32)30-13-9-26(18-30)7-11-28(12-8-26)25(33)16-20-14-21-4-2-3-5-22(21)15-20/h2-5,17,20H,6-16,18H2,1H3. The molecule has 3 aliphatic rings. The molecule has 0 atom stereocenters. The van der Waals surface area contributed by atoms with E-state index < -0.39 is 4.92 Å². The maximum absolute atomic E-state index is 13.0. The number of likely N-dealkylation sites (tertiary alicyclic amines) is 2. The molecule has 0 radical (unpaired) electrons.